The highest BCUT2D eigenvalue weighted by Gasteiger charge is 2.37. The van der Waals surface area contributed by atoms with Crippen LogP contribution in [0, 0.1) is 11.3 Å². The van der Waals surface area contributed by atoms with Crippen LogP contribution in [0.1, 0.15) is 27.0 Å². The lowest BCUT2D eigenvalue weighted by Gasteiger charge is -2.14. The molecule has 3 nitrogen and oxygen atoms in total. The van der Waals surface area contributed by atoms with Crippen molar-refractivity contribution in [2.24, 2.45) is 0 Å². The zero-order valence-corrected chi connectivity index (χ0v) is 12.2. The van der Waals surface area contributed by atoms with Gasteiger partial charge < -0.3 is 5.32 Å². The molecule has 0 saturated heterocycles. The maximum atomic E-state index is 12.8. The number of carbonyl (C=O) groups is 1. The van der Waals surface area contributed by atoms with Crippen LogP contribution in [0.15, 0.2) is 42.5 Å². The Kier molecular flexibility index (Phi) is 4.74. The largest absolute Gasteiger partial charge is 0.416 e. The second-order valence-corrected chi connectivity index (χ2v) is 4.94. The van der Waals surface area contributed by atoms with Gasteiger partial charge in [-0.1, -0.05) is 6.07 Å². The summed E-state index contributed by atoms with van der Waals surface area (Å²) in [6, 6.07) is 7.73. The molecule has 2 rings (SSSR count). The van der Waals surface area contributed by atoms with Crippen LogP contribution in [0.4, 0.5) is 32.0 Å². The number of amides is 1. The van der Waals surface area contributed by atoms with Crippen molar-refractivity contribution in [3.05, 3.63) is 64.7 Å². The zero-order valence-electron chi connectivity index (χ0n) is 12.2. The fraction of sp³-hybridized carbons (Fsp3) is 0.125. The van der Waals surface area contributed by atoms with E-state index in [0.717, 1.165) is 6.07 Å². The Hall–Kier alpha value is -3.02. The molecule has 0 fully saturated rings. The van der Waals surface area contributed by atoms with Crippen LogP contribution in [-0.4, -0.2) is 5.91 Å². The smallest absolute Gasteiger partial charge is 0.322 e. The van der Waals surface area contributed by atoms with Gasteiger partial charge in [0.1, 0.15) is 0 Å². The summed E-state index contributed by atoms with van der Waals surface area (Å²) in [4.78, 5) is 12.0. The average molecular weight is 358 g/mol. The molecule has 0 radical (unpaired) electrons. The van der Waals surface area contributed by atoms with Crippen LogP contribution in [0.2, 0.25) is 0 Å². The monoisotopic (exact) mass is 358 g/mol. The third-order valence-corrected chi connectivity index (χ3v) is 3.10. The third kappa shape index (κ3) is 4.50. The fourth-order valence-electron chi connectivity index (χ4n) is 1.96. The summed E-state index contributed by atoms with van der Waals surface area (Å²) in [5, 5.41) is 10.7. The van der Waals surface area contributed by atoms with Crippen molar-refractivity contribution in [2.45, 2.75) is 12.4 Å². The molecule has 25 heavy (non-hydrogen) atoms. The fourth-order valence-corrected chi connectivity index (χ4v) is 1.96. The summed E-state index contributed by atoms with van der Waals surface area (Å²) in [5.41, 5.74) is -3.70. The molecule has 130 valence electrons. The van der Waals surface area contributed by atoms with E-state index in [1.807, 2.05) is 5.32 Å². The van der Waals surface area contributed by atoms with E-state index >= 15 is 0 Å². The van der Waals surface area contributed by atoms with Gasteiger partial charge in [-0.3, -0.25) is 4.79 Å². The molecule has 0 spiro atoms. The van der Waals surface area contributed by atoms with Gasteiger partial charge in [0, 0.05) is 11.3 Å². The number of anilines is 1. The average Bonchev–Trinajstić information content (AvgIpc) is 2.53. The second-order valence-electron chi connectivity index (χ2n) is 4.94. The minimum Gasteiger partial charge on any atom is -0.322 e. The van der Waals surface area contributed by atoms with E-state index in [0.29, 0.717) is 12.1 Å². The van der Waals surface area contributed by atoms with Gasteiger partial charge in [-0.2, -0.15) is 31.6 Å². The van der Waals surface area contributed by atoms with Gasteiger partial charge in [0.05, 0.1) is 22.8 Å². The minimum atomic E-state index is -5.01. The van der Waals surface area contributed by atoms with Crippen molar-refractivity contribution in [3.8, 4) is 6.07 Å². The van der Waals surface area contributed by atoms with E-state index < -0.39 is 35.1 Å². The van der Waals surface area contributed by atoms with Crippen molar-refractivity contribution in [3.63, 3.8) is 0 Å². The first kappa shape index (κ1) is 18.3. The van der Waals surface area contributed by atoms with E-state index in [2.05, 4.69) is 0 Å². The molecule has 0 unspecified atom stereocenters. The van der Waals surface area contributed by atoms with Crippen LogP contribution in [0.25, 0.3) is 0 Å². The van der Waals surface area contributed by atoms with Crippen LogP contribution >= 0.6 is 0 Å². The maximum Gasteiger partial charge on any atom is 0.416 e. The quantitative estimate of drug-likeness (QED) is 0.781. The lowest BCUT2D eigenvalue weighted by molar-refractivity contribution is -0.143. The van der Waals surface area contributed by atoms with Crippen molar-refractivity contribution in [2.75, 3.05) is 5.32 Å². The Morgan fingerprint density at radius 2 is 1.48 bits per heavy atom. The normalized spacial score (nSPS) is 11.7. The summed E-state index contributed by atoms with van der Waals surface area (Å²) in [5.74, 6) is -0.940. The lowest BCUT2D eigenvalue weighted by atomic mass is 10.1. The number of alkyl halides is 6. The molecule has 9 heteroatoms. The number of rotatable bonds is 2. The van der Waals surface area contributed by atoms with Crippen LogP contribution in [0.5, 0.6) is 0 Å². The van der Waals surface area contributed by atoms with Gasteiger partial charge in [0.25, 0.3) is 5.91 Å². The standard InChI is InChI=1S/C16H8F6N2O/c17-15(18,19)11-5-12(16(20,21)22)7-13(6-11)24-14(25)10-3-1-2-9(4-10)8-23/h1-7H,(H,24,25). The van der Waals surface area contributed by atoms with Gasteiger partial charge in [0.15, 0.2) is 0 Å². The van der Waals surface area contributed by atoms with Crippen molar-refractivity contribution in [1.82, 2.24) is 0 Å². The predicted molar refractivity (Wildman–Crippen MR) is 75.6 cm³/mol. The number of halogens is 6. The van der Waals surface area contributed by atoms with E-state index in [1.54, 1.807) is 6.07 Å². The number of hydrogen-bond acceptors (Lipinski definition) is 2. The summed E-state index contributed by atoms with van der Waals surface area (Å²) in [6.45, 7) is 0. The maximum absolute atomic E-state index is 12.8. The Morgan fingerprint density at radius 3 is 1.96 bits per heavy atom. The summed E-state index contributed by atoms with van der Waals surface area (Å²) in [6.07, 6.45) is -10.0. The number of benzene rings is 2. The van der Waals surface area contributed by atoms with Crippen LogP contribution < -0.4 is 5.32 Å². The molecule has 0 bridgehead atoms. The molecule has 0 aliphatic carbocycles. The van der Waals surface area contributed by atoms with E-state index in [1.165, 1.54) is 18.2 Å². The summed E-state index contributed by atoms with van der Waals surface area (Å²) >= 11 is 0. The molecule has 2 aromatic rings. The van der Waals surface area contributed by atoms with Gasteiger partial charge in [0.2, 0.25) is 0 Å². The molecule has 0 aliphatic heterocycles. The van der Waals surface area contributed by atoms with E-state index in [4.69, 9.17) is 5.26 Å². The molecule has 1 N–H and O–H groups in total. The summed E-state index contributed by atoms with van der Waals surface area (Å²) < 4.78 is 76.7. The van der Waals surface area contributed by atoms with Gasteiger partial charge >= 0.3 is 12.4 Å². The SMILES string of the molecule is N#Cc1cccc(C(=O)Nc2cc(C(F)(F)F)cc(C(F)(F)F)c2)c1. The number of carbonyl (C=O) groups excluding carboxylic acids is 1. The topological polar surface area (TPSA) is 52.9 Å². The lowest BCUT2D eigenvalue weighted by Crippen LogP contribution is -2.16. The summed E-state index contributed by atoms with van der Waals surface area (Å²) in [7, 11) is 0. The molecular formula is C16H8F6N2O. The Labute approximate surface area is 137 Å². The number of hydrogen-bond donors (Lipinski definition) is 1. The van der Waals surface area contributed by atoms with E-state index in [-0.39, 0.29) is 17.2 Å². The van der Waals surface area contributed by atoms with Crippen molar-refractivity contribution in [1.29, 1.82) is 5.26 Å². The van der Waals surface area contributed by atoms with E-state index in [9.17, 15) is 31.1 Å². The zero-order chi connectivity index (χ0) is 18.8. The highest BCUT2D eigenvalue weighted by Crippen LogP contribution is 2.37. The minimum absolute atomic E-state index is 0.0358. The predicted octanol–water partition coefficient (Wildman–Crippen LogP) is 4.85. The van der Waals surface area contributed by atoms with Gasteiger partial charge in [-0.15, -0.1) is 0 Å². The molecule has 0 saturated carbocycles. The Bertz CT molecular complexity index is 817. The van der Waals surface area contributed by atoms with Crippen molar-refractivity contribution >= 4 is 11.6 Å². The molecule has 0 aromatic heterocycles. The first-order valence-corrected chi connectivity index (χ1v) is 6.62. The number of nitrogens with one attached hydrogen (secondary N) is 1. The molecule has 0 aliphatic rings. The Balaban J connectivity index is 2.41. The van der Waals surface area contributed by atoms with Gasteiger partial charge in [-0.25, -0.2) is 0 Å². The second kappa shape index (κ2) is 6.47. The molecule has 1 amide bonds. The number of nitriles is 1. The number of nitrogens with zero attached hydrogens (tertiary/aromatic N) is 1. The Morgan fingerprint density at radius 1 is 0.920 bits per heavy atom. The molecular weight excluding hydrogens is 350 g/mol. The molecule has 2 aromatic carbocycles. The first-order valence-electron chi connectivity index (χ1n) is 6.62. The van der Waals surface area contributed by atoms with Crippen molar-refractivity contribution < 1.29 is 31.1 Å². The highest BCUT2D eigenvalue weighted by molar-refractivity contribution is 6.04. The third-order valence-electron chi connectivity index (χ3n) is 3.10. The van der Waals surface area contributed by atoms with Gasteiger partial charge in [-0.05, 0) is 36.4 Å². The first-order chi connectivity index (χ1) is 11.5. The molecule has 0 atom stereocenters. The van der Waals surface area contributed by atoms with Crippen LogP contribution in [-0.2, 0) is 12.4 Å². The molecule has 0 heterocycles. The van der Waals surface area contributed by atoms with Crippen LogP contribution in [0.3, 0.4) is 0 Å². The highest BCUT2D eigenvalue weighted by atomic mass is 19.4.